The molecule has 0 atom stereocenters. The quantitative estimate of drug-likeness (QED) is 0.487. The Kier molecular flexibility index (Phi) is 5.37. The summed E-state index contributed by atoms with van der Waals surface area (Å²) in [5.74, 6) is -0.196. The number of phenols is 1. The van der Waals surface area contributed by atoms with E-state index >= 15 is 0 Å². The van der Waals surface area contributed by atoms with Crippen molar-refractivity contribution in [2.75, 3.05) is 18.0 Å². The molecule has 0 aliphatic heterocycles. The topological polar surface area (TPSA) is 40.5 Å². The van der Waals surface area contributed by atoms with Gasteiger partial charge in [-0.25, -0.2) is 0 Å². The third kappa shape index (κ3) is 3.77. The van der Waals surface area contributed by atoms with Crippen molar-refractivity contribution in [3.05, 3.63) is 77.9 Å². The first-order valence-corrected chi connectivity index (χ1v) is 8.91. The molecule has 3 heteroatoms. The van der Waals surface area contributed by atoms with Gasteiger partial charge in [0, 0.05) is 18.8 Å². The van der Waals surface area contributed by atoms with Gasteiger partial charge in [0.1, 0.15) is 5.75 Å². The molecule has 0 aliphatic carbocycles. The number of carbonyl (C=O) groups excluding carboxylic acids is 1. The summed E-state index contributed by atoms with van der Waals surface area (Å²) >= 11 is 0. The van der Waals surface area contributed by atoms with Crippen molar-refractivity contribution in [1.29, 1.82) is 0 Å². The van der Waals surface area contributed by atoms with Crippen LogP contribution in [0.1, 0.15) is 29.8 Å². The molecule has 0 amide bonds. The van der Waals surface area contributed by atoms with Crippen LogP contribution in [0.25, 0.3) is 16.8 Å². The van der Waals surface area contributed by atoms with Crippen LogP contribution in [0.15, 0.2) is 66.7 Å². The van der Waals surface area contributed by atoms with Gasteiger partial charge in [-0.1, -0.05) is 42.5 Å². The zero-order chi connectivity index (χ0) is 18.5. The van der Waals surface area contributed by atoms with Crippen molar-refractivity contribution in [1.82, 2.24) is 0 Å². The molecular weight excluding hydrogens is 322 g/mol. The van der Waals surface area contributed by atoms with Gasteiger partial charge in [-0.2, -0.15) is 0 Å². The number of allylic oxidation sites excluding steroid dienone is 1. The SMILES string of the molecule is CCN(CC)c1ccc2cc(C(=O)C=Cc3ccccc3)c(O)cc2c1. The fourth-order valence-corrected chi connectivity index (χ4v) is 3.08. The van der Waals surface area contributed by atoms with Crippen LogP contribution in [0.5, 0.6) is 5.75 Å². The molecule has 3 rings (SSSR count). The number of aromatic hydroxyl groups is 1. The standard InChI is InChI=1S/C23H23NO2/c1-3-24(4-2)20-12-11-18-15-21(23(26)16-19(18)14-20)22(25)13-10-17-8-6-5-7-9-17/h5-16,26H,3-4H2,1-2H3. The molecule has 0 unspecified atom stereocenters. The highest BCUT2D eigenvalue weighted by molar-refractivity contribution is 6.10. The normalized spacial score (nSPS) is 11.2. The fraction of sp³-hybridized carbons (Fsp3) is 0.174. The highest BCUT2D eigenvalue weighted by Gasteiger charge is 2.11. The molecule has 0 heterocycles. The molecule has 1 N–H and O–H groups in total. The second-order valence-electron chi connectivity index (χ2n) is 6.18. The Balaban J connectivity index is 1.92. The molecule has 0 bridgehead atoms. The van der Waals surface area contributed by atoms with Crippen LogP contribution in [0.3, 0.4) is 0 Å². The average Bonchev–Trinajstić information content (AvgIpc) is 2.67. The molecule has 3 nitrogen and oxygen atoms in total. The molecule has 3 aromatic carbocycles. The minimum Gasteiger partial charge on any atom is -0.507 e. The second-order valence-corrected chi connectivity index (χ2v) is 6.18. The summed E-state index contributed by atoms with van der Waals surface area (Å²) in [5, 5.41) is 12.2. The number of rotatable bonds is 6. The molecule has 0 aromatic heterocycles. The van der Waals surface area contributed by atoms with Gasteiger partial charge in [0.05, 0.1) is 5.56 Å². The summed E-state index contributed by atoms with van der Waals surface area (Å²) in [4.78, 5) is 14.7. The fourth-order valence-electron chi connectivity index (χ4n) is 3.08. The van der Waals surface area contributed by atoms with Crippen LogP contribution >= 0.6 is 0 Å². The van der Waals surface area contributed by atoms with E-state index in [0.717, 1.165) is 35.1 Å². The van der Waals surface area contributed by atoms with Crippen LogP contribution in [-0.2, 0) is 0 Å². The van der Waals surface area contributed by atoms with Gasteiger partial charge in [-0.05, 0) is 60.5 Å². The Morgan fingerprint density at radius 2 is 1.69 bits per heavy atom. The predicted octanol–water partition coefficient (Wildman–Crippen LogP) is 5.29. The smallest absolute Gasteiger partial charge is 0.189 e. The Hall–Kier alpha value is -3.07. The molecule has 0 saturated heterocycles. The third-order valence-corrected chi connectivity index (χ3v) is 4.56. The predicted molar refractivity (Wildman–Crippen MR) is 109 cm³/mol. The first kappa shape index (κ1) is 17.7. The zero-order valence-corrected chi connectivity index (χ0v) is 15.1. The Morgan fingerprint density at radius 1 is 0.962 bits per heavy atom. The Labute approximate surface area is 154 Å². The van der Waals surface area contributed by atoms with Gasteiger partial charge >= 0.3 is 0 Å². The van der Waals surface area contributed by atoms with Crippen molar-refractivity contribution in [3.8, 4) is 5.75 Å². The molecule has 0 radical (unpaired) electrons. The number of anilines is 1. The summed E-state index contributed by atoms with van der Waals surface area (Å²) in [5.41, 5.74) is 2.38. The molecule has 0 saturated carbocycles. The van der Waals surface area contributed by atoms with Crippen LogP contribution in [0.2, 0.25) is 0 Å². The number of nitrogens with zero attached hydrogens (tertiary/aromatic N) is 1. The number of phenolic OH excluding ortho intramolecular Hbond substituents is 1. The first-order chi connectivity index (χ1) is 12.6. The molecule has 3 aromatic rings. The van der Waals surface area contributed by atoms with Gasteiger partial charge < -0.3 is 10.0 Å². The lowest BCUT2D eigenvalue weighted by molar-refractivity contribution is 0.104. The van der Waals surface area contributed by atoms with E-state index in [-0.39, 0.29) is 11.5 Å². The maximum Gasteiger partial charge on any atom is 0.189 e. The van der Waals surface area contributed by atoms with Crippen molar-refractivity contribution in [2.45, 2.75) is 13.8 Å². The maximum atomic E-state index is 12.5. The minimum absolute atomic E-state index is 0.0110. The number of benzene rings is 3. The van der Waals surface area contributed by atoms with Crippen molar-refractivity contribution in [3.63, 3.8) is 0 Å². The van der Waals surface area contributed by atoms with E-state index in [1.807, 2.05) is 36.4 Å². The lowest BCUT2D eigenvalue weighted by atomic mass is 10.0. The van der Waals surface area contributed by atoms with Crippen LogP contribution in [0.4, 0.5) is 5.69 Å². The second kappa shape index (κ2) is 7.87. The lowest BCUT2D eigenvalue weighted by Gasteiger charge is -2.21. The highest BCUT2D eigenvalue weighted by atomic mass is 16.3. The van der Waals surface area contributed by atoms with Gasteiger partial charge in [0.15, 0.2) is 5.78 Å². The zero-order valence-electron chi connectivity index (χ0n) is 15.1. The highest BCUT2D eigenvalue weighted by Crippen LogP contribution is 2.29. The summed E-state index contributed by atoms with van der Waals surface area (Å²) in [6.07, 6.45) is 3.26. The van der Waals surface area contributed by atoms with E-state index in [0.29, 0.717) is 5.56 Å². The van der Waals surface area contributed by atoms with Crippen LogP contribution in [-0.4, -0.2) is 24.0 Å². The Morgan fingerprint density at radius 3 is 2.38 bits per heavy atom. The summed E-state index contributed by atoms with van der Waals surface area (Å²) in [7, 11) is 0. The lowest BCUT2D eigenvalue weighted by Crippen LogP contribution is -2.21. The van der Waals surface area contributed by atoms with E-state index in [1.165, 1.54) is 6.08 Å². The molecule has 0 fully saturated rings. The largest absolute Gasteiger partial charge is 0.507 e. The van der Waals surface area contributed by atoms with E-state index in [9.17, 15) is 9.90 Å². The first-order valence-electron chi connectivity index (χ1n) is 8.91. The minimum atomic E-state index is -0.207. The number of hydrogen-bond donors (Lipinski definition) is 1. The summed E-state index contributed by atoms with van der Waals surface area (Å²) in [6, 6.07) is 19.2. The number of carbonyl (C=O) groups is 1. The molecule has 26 heavy (non-hydrogen) atoms. The van der Waals surface area contributed by atoms with E-state index in [1.54, 1.807) is 18.2 Å². The third-order valence-electron chi connectivity index (χ3n) is 4.56. The molecule has 132 valence electrons. The Bertz CT molecular complexity index is 941. The number of fused-ring (bicyclic) bond motifs is 1. The van der Waals surface area contributed by atoms with E-state index in [4.69, 9.17) is 0 Å². The van der Waals surface area contributed by atoms with Crippen molar-refractivity contribution in [2.24, 2.45) is 0 Å². The van der Waals surface area contributed by atoms with Gasteiger partial charge in [0.2, 0.25) is 0 Å². The van der Waals surface area contributed by atoms with Crippen LogP contribution in [0, 0.1) is 0 Å². The summed E-state index contributed by atoms with van der Waals surface area (Å²) < 4.78 is 0. The van der Waals surface area contributed by atoms with Crippen molar-refractivity contribution >= 4 is 28.3 Å². The maximum absolute atomic E-state index is 12.5. The molecule has 0 spiro atoms. The van der Waals surface area contributed by atoms with Gasteiger partial charge in [-0.3, -0.25) is 4.79 Å². The average molecular weight is 345 g/mol. The van der Waals surface area contributed by atoms with Crippen LogP contribution < -0.4 is 4.90 Å². The summed E-state index contributed by atoms with van der Waals surface area (Å²) in [6.45, 7) is 6.09. The van der Waals surface area contributed by atoms with E-state index < -0.39 is 0 Å². The molecule has 0 aliphatic rings. The van der Waals surface area contributed by atoms with Crippen molar-refractivity contribution < 1.29 is 9.90 Å². The number of ketones is 1. The number of hydrogen-bond acceptors (Lipinski definition) is 3. The van der Waals surface area contributed by atoms with Gasteiger partial charge in [0.25, 0.3) is 0 Å². The van der Waals surface area contributed by atoms with E-state index in [2.05, 4.69) is 30.9 Å². The molecular formula is C23H23NO2. The van der Waals surface area contributed by atoms with Gasteiger partial charge in [-0.15, -0.1) is 0 Å². The monoisotopic (exact) mass is 345 g/mol.